The van der Waals surface area contributed by atoms with E-state index in [0.29, 0.717) is 5.56 Å². The highest BCUT2D eigenvalue weighted by Gasteiger charge is 2.14. The molecule has 1 aromatic carbocycles. The predicted molar refractivity (Wildman–Crippen MR) is 66.6 cm³/mol. The molecule has 0 bridgehead atoms. The number of nitrogens with zero attached hydrogens (tertiary/aromatic N) is 1. The van der Waals surface area contributed by atoms with Gasteiger partial charge in [-0.3, -0.25) is 10.1 Å². The van der Waals surface area contributed by atoms with E-state index in [2.05, 4.69) is 19.6 Å². The van der Waals surface area contributed by atoms with Crippen LogP contribution < -0.4 is 0 Å². The lowest BCUT2D eigenvalue weighted by molar-refractivity contribution is -0.385. The fraction of sp³-hybridized carbons (Fsp3) is 0.273. The average molecular weight is 237 g/mol. The summed E-state index contributed by atoms with van der Waals surface area (Å²) in [6, 6.07) is 6.59. The first-order chi connectivity index (χ1) is 7.40. The molecule has 0 amide bonds. The van der Waals surface area contributed by atoms with Crippen LogP contribution in [-0.2, 0) is 4.43 Å². The van der Waals surface area contributed by atoms with Crippen LogP contribution in [0.4, 0.5) is 5.69 Å². The average Bonchev–Trinajstić information content (AvgIpc) is 2.16. The monoisotopic (exact) mass is 237 g/mol. The summed E-state index contributed by atoms with van der Waals surface area (Å²) < 4.78 is 5.50. The fourth-order valence-electron chi connectivity index (χ4n) is 1.11. The molecule has 0 spiro atoms. The second-order valence-electron chi connectivity index (χ2n) is 4.35. The van der Waals surface area contributed by atoms with Gasteiger partial charge in [-0.2, -0.15) is 0 Å². The minimum absolute atomic E-state index is 0.0953. The SMILES string of the molecule is C[Si](C)(C)O/C=C/c1ccccc1[N+](=O)[O-]. The molecule has 1 aromatic rings. The molecule has 0 aliphatic carbocycles. The smallest absolute Gasteiger partial charge is 0.276 e. The number of hydrogen-bond acceptors (Lipinski definition) is 3. The summed E-state index contributed by atoms with van der Waals surface area (Å²) >= 11 is 0. The number of nitro benzene ring substituents is 1. The summed E-state index contributed by atoms with van der Waals surface area (Å²) in [6.45, 7) is 6.16. The van der Waals surface area contributed by atoms with E-state index in [-0.39, 0.29) is 5.69 Å². The van der Waals surface area contributed by atoms with Gasteiger partial charge in [-0.1, -0.05) is 12.1 Å². The molecule has 0 radical (unpaired) electrons. The van der Waals surface area contributed by atoms with Crippen molar-refractivity contribution < 1.29 is 9.35 Å². The zero-order valence-electron chi connectivity index (χ0n) is 9.64. The molecule has 4 nitrogen and oxygen atoms in total. The minimum Gasteiger partial charge on any atom is -0.550 e. The van der Waals surface area contributed by atoms with Gasteiger partial charge in [0.05, 0.1) is 16.7 Å². The molecule has 0 saturated carbocycles. The van der Waals surface area contributed by atoms with Crippen molar-refractivity contribution in [3.63, 3.8) is 0 Å². The molecule has 16 heavy (non-hydrogen) atoms. The molecule has 0 fully saturated rings. The lowest BCUT2D eigenvalue weighted by atomic mass is 10.2. The van der Waals surface area contributed by atoms with Crippen molar-refractivity contribution in [3.05, 3.63) is 46.2 Å². The van der Waals surface area contributed by atoms with Gasteiger partial charge in [-0.05, 0) is 31.8 Å². The highest BCUT2D eigenvalue weighted by molar-refractivity contribution is 6.69. The molecule has 5 heteroatoms. The van der Waals surface area contributed by atoms with Crippen LogP contribution in [0.25, 0.3) is 6.08 Å². The van der Waals surface area contributed by atoms with Crippen LogP contribution in [0.5, 0.6) is 0 Å². The Bertz CT molecular complexity index is 410. The third-order valence-electron chi connectivity index (χ3n) is 1.80. The van der Waals surface area contributed by atoms with Crippen LogP contribution in [0.2, 0.25) is 19.6 Å². The third-order valence-corrected chi connectivity index (χ3v) is 2.65. The van der Waals surface area contributed by atoms with E-state index in [1.54, 1.807) is 30.5 Å². The van der Waals surface area contributed by atoms with Crippen LogP contribution in [0.1, 0.15) is 5.56 Å². The van der Waals surface area contributed by atoms with Crippen molar-refractivity contribution in [3.8, 4) is 0 Å². The third kappa shape index (κ3) is 3.86. The van der Waals surface area contributed by atoms with E-state index in [9.17, 15) is 10.1 Å². The first-order valence-electron chi connectivity index (χ1n) is 4.98. The minimum atomic E-state index is -1.61. The van der Waals surface area contributed by atoms with Crippen LogP contribution >= 0.6 is 0 Å². The zero-order chi connectivity index (χ0) is 12.2. The Morgan fingerprint density at radius 1 is 1.31 bits per heavy atom. The second-order valence-corrected chi connectivity index (χ2v) is 8.81. The van der Waals surface area contributed by atoms with Gasteiger partial charge in [0.1, 0.15) is 0 Å². The number of para-hydroxylation sites is 1. The number of benzene rings is 1. The molecule has 0 aliphatic rings. The molecule has 86 valence electrons. The normalized spacial score (nSPS) is 11.7. The highest BCUT2D eigenvalue weighted by Crippen LogP contribution is 2.19. The molecular formula is C11H15NO3Si. The molecule has 0 unspecified atom stereocenters. The van der Waals surface area contributed by atoms with Gasteiger partial charge in [-0.25, -0.2) is 0 Å². The zero-order valence-corrected chi connectivity index (χ0v) is 10.6. The van der Waals surface area contributed by atoms with Gasteiger partial charge in [0.15, 0.2) is 0 Å². The molecule has 0 heterocycles. The Labute approximate surface area is 95.8 Å². The van der Waals surface area contributed by atoms with Gasteiger partial charge < -0.3 is 4.43 Å². The van der Waals surface area contributed by atoms with Crippen molar-refractivity contribution in [2.24, 2.45) is 0 Å². The Balaban J connectivity index is 2.85. The van der Waals surface area contributed by atoms with Crippen molar-refractivity contribution in [1.82, 2.24) is 0 Å². The van der Waals surface area contributed by atoms with Crippen molar-refractivity contribution >= 4 is 20.1 Å². The Hall–Kier alpha value is -1.62. The van der Waals surface area contributed by atoms with E-state index in [4.69, 9.17) is 4.43 Å². The maximum atomic E-state index is 10.7. The van der Waals surface area contributed by atoms with Gasteiger partial charge in [0, 0.05) is 6.07 Å². The molecule has 0 aliphatic heterocycles. The number of hydrogen-bond donors (Lipinski definition) is 0. The van der Waals surface area contributed by atoms with Crippen LogP contribution in [-0.4, -0.2) is 13.2 Å². The largest absolute Gasteiger partial charge is 0.550 e. The Morgan fingerprint density at radius 3 is 2.50 bits per heavy atom. The predicted octanol–water partition coefficient (Wildman–Crippen LogP) is 3.42. The first-order valence-corrected chi connectivity index (χ1v) is 8.39. The van der Waals surface area contributed by atoms with Gasteiger partial charge >= 0.3 is 0 Å². The summed E-state index contributed by atoms with van der Waals surface area (Å²) in [5.74, 6) is 0. The summed E-state index contributed by atoms with van der Waals surface area (Å²) in [7, 11) is -1.61. The van der Waals surface area contributed by atoms with E-state index >= 15 is 0 Å². The van der Waals surface area contributed by atoms with Crippen molar-refractivity contribution in [2.75, 3.05) is 0 Å². The molecule has 1 rings (SSSR count). The molecule has 0 saturated heterocycles. The quantitative estimate of drug-likeness (QED) is 0.349. The summed E-state index contributed by atoms with van der Waals surface area (Å²) in [5.41, 5.74) is 0.656. The number of nitro groups is 1. The lowest BCUT2D eigenvalue weighted by Crippen LogP contribution is -2.21. The van der Waals surface area contributed by atoms with E-state index in [1.165, 1.54) is 6.07 Å². The van der Waals surface area contributed by atoms with Gasteiger partial charge in [0.2, 0.25) is 8.32 Å². The Morgan fingerprint density at radius 2 is 1.94 bits per heavy atom. The molecule has 0 atom stereocenters. The highest BCUT2D eigenvalue weighted by atomic mass is 28.4. The van der Waals surface area contributed by atoms with Crippen LogP contribution in [0.3, 0.4) is 0 Å². The van der Waals surface area contributed by atoms with Crippen LogP contribution in [0, 0.1) is 10.1 Å². The Kier molecular flexibility index (Phi) is 3.84. The topological polar surface area (TPSA) is 52.4 Å². The fourth-order valence-corrected chi connectivity index (χ4v) is 1.58. The molecular weight excluding hydrogens is 222 g/mol. The van der Waals surface area contributed by atoms with Gasteiger partial charge in [0.25, 0.3) is 5.69 Å². The first kappa shape index (κ1) is 12.4. The van der Waals surface area contributed by atoms with Crippen molar-refractivity contribution in [1.29, 1.82) is 0 Å². The van der Waals surface area contributed by atoms with E-state index < -0.39 is 13.2 Å². The van der Waals surface area contributed by atoms with E-state index in [0.717, 1.165) is 0 Å². The number of rotatable bonds is 4. The standard InChI is InChI=1S/C11H15NO3Si/c1-16(2,3)15-9-8-10-6-4-5-7-11(10)12(13)14/h4-9H,1-3H3/b9-8+. The second kappa shape index (κ2) is 4.94. The molecule has 0 N–H and O–H groups in total. The molecule has 0 aromatic heterocycles. The maximum absolute atomic E-state index is 10.7. The summed E-state index contributed by atoms with van der Waals surface area (Å²) in [5, 5.41) is 10.7. The van der Waals surface area contributed by atoms with Crippen LogP contribution in [0.15, 0.2) is 30.5 Å². The lowest BCUT2D eigenvalue weighted by Gasteiger charge is -2.14. The summed E-state index contributed by atoms with van der Waals surface area (Å²) in [4.78, 5) is 10.3. The maximum Gasteiger partial charge on any atom is 0.276 e. The van der Waals surface area contributed by atoms with Gasteiger partial charge in [-0.15, -0.1) is 0 Å². The summed E-state index contributed by atoms with van der Waals surface area (Å²) in [6.07, 6.45) is 3.19. The van der Waals surface area contributed by atoms with Crippen molar-refractivity contribution in [2.45, 2.75) is 19.6 Å². The van der Waals surface area contributed by atoms with E-state index in [1.807, 2.05) is 0 Å².